The van der Waals surface area contributed by atoms with Crippen molar-refractivity contribution in [2.24, 2.45) is 0 Å². The Balaban J connectivity index is 1.54. The lowest BCUT2D eigenvalue weighted by molar-refractivity contribution is 0.102. The van der Waals surface area contributed by atoms with Crippen molar-refractivity contribution in [3.05, 3.63) is 57.4 Å². The molecular weight excluding hydrogens is 395 g/mol. The van der Waals surface area contributed by atoms with Gasteiger partial charge in [-0.25, -0.2) is 4.98 Å². The highest BCUT2D eigenvalue weighted by atomic mass is 35.5. The highest BCUT2D eigenvalue weighted by Gasteiger charge is 2.16. The number of carbonyl (C=O) groups excluding carboxylic acids is 1. The van der Waals surface area contributed by atoms with Crippen molar-refractivity contribution in [1.29, 1.82) is 0 Å². The molecule has 0 aliphatic carbocycles. The van der Waals surface area contributed by atoms with Crippen LogP contribution in [0.25, 0.3) is 11.3 Å². The molecule has 0 unspecified atom stereocenters. The summed E-state index contributed by atoms with van der Waals surface area (Å²) in [7, 11) is 0. The summed E-state index contributed by atoms with van der Waals surface area (Å²) in [4.78, 5) is 16.8. The van der Waals surface area contributed by atoms with Crippen LogP contribution in [-0.4, -0.2) is 24.1 Å². The fourth-order valence-corrected chi connectivity index (χ4v) is 3.71. The van der Waals surface area contributed by atoms with Crippen molar-refractivity contribution in [3.8, 4) is 22.8 Å². The average Bonchev–Trinajstić information content (AvgIpc) is 3.09. The van der Waals surface area contributed by atoms with Crippen molar-refractivity contribution in [2.45, 2.75) is 0 Å². The molecule has 8 heteroatoms. The second-order valence-electron chi connectivity index (χ2n) is 5.47. The number of thiazole rings is 1. The predicted molar refractivity (Wildman–Crippen MR) is 103 cm³/mol. The number of hydrogen-bond donors (Lipinski definition) is 1. The molecule has 5 nitrogen and oxygen atoms in total. The van der Waals surface area contributed by atoms with E-state index in [2.05, 4.69) is 10.3 Å². The minimum Gasteiger partial charge on any atom is -0.486 e. The molecule has 2 aromatic carbocycles. The van der Waals surface area contributed by atoms with E-state index in [0.29, 0.717) is 39.7 Å². The maximum Gasteiger partial charge on any atom is 0.258 e. The summed E-state index contributed by atoms with van der Waals surface area (Å²) in [5.74, 6) is 1.08. The van der Waals surface area contributed by atoms with Crippen LogP contribution in [0.15, 0.2) is 41.8 Å². The number of anilines is 1. The first-order valence-electron chi connectivity index (χ1n) is 7.72. The summed E-state index contributed by atoms with van der Waals surface area (Å²) in [6, 6.07) is 10.4. The van der Waals surface area contributed by atoms with Crippen LogP contribution in [0.2, 0.25) is 10.0 Å². The van der Waals surface area contributed by atoms with E-state index in [0.717, 1.165) is 17.0 Å². The fraction of sp³-hybridized carbons (Fsp3) is 0.111. The van der Waals surface area contributed by atoms with Gasteiger partial charge in [-0.1, -0.05) is 23.2 Å². The molecule has 0 saturated carbocycles. The number of hydrogen-bond acceptors (Lipinski definition) is 5. The summed E-state index contributed by atoms with van der Waals surface area (Å²) < 4.78 is 11.1. The SMILES string of the molecule is O=C(Nc1nc(-c2ccc3c(c2)OCCO3)cs1)c1ccc(Cl)cc1Cl. The maximum absolute atomic E-state index is 12.4. The first kappa shape index (κ1) is 17.1. The van der Waals surface area contributed by atoms with Crippen molar-refractivity contribution in [3.63, 3.8) is 0 Å². The van der Waals surface area contributed by atoms with E-state index in [4.69, 9.17) is 32.7 Å². The maximum atomic E-state index is 12.4. The minimum absolute atomic E-state index is 0.290. The Bertz CT molecular complexity index is 990. The van der Waals surface area contributed by atoms with E-state index in [9.17, 15) is 4.79 Å². The molecule has 3 aromatic rings. The molecule has 2 heterocycles. The van der Waals surface area contributed by atoms with E-state index < -0.39 is 0 Å². The number of nitrogens with one attached hydrogen (secondary N) is 1. The van der Waals surface area contributed by atoms with Crippen LogP contribution in [0.5, 0.6) is 11.5 Å². The van der Waals surface area contributed by atoms with E-state index in [-0.39, 0.29) is 5.91 Å². The lowest BCUT2D eigenvalue weighted by Crippen LogP contribution is -2.15. The molecule has 1 N–H and O–H groups in total. The zero-order valence-corrected chi connectivity index (χ0v) is 15.6. The summed E-state index contributed by atoms with van der Waals surface area (Å²) in [5.41, 5.74) is 1.96. The van der Waals surface area contributed by atoms with E-state index >= 15 is 0 Å². The first-order chi connectivity index (χ1) is 12.6. The molecule has 4 rings (SSSR count). The van der Waals surface area contributed by atoms with Crippen LogP contribution >= 0.6 is 34.5 Å². The molecule has 1 amide bonds. The molecule has 1 aromatic heterocycles. The second kappa shape index (κ2) is 7.15. The van der Waals surface area contributed by atoms with Gasteiger partial charge < -0.3 is 9.47 Å². The van der Waals surface area contributed by atoms with Gasteiger partial charge in [0.1, 0.15) is 13.2 Å². The monoisotopic (exact) mass is 406 g/mol. The molecule has 26 heavy (non-hydrogen) atoms. The quantitative estimate of drug-likeness (QED) is 0.653. The number of halogens is 2. The Hall–Kier alpha value is -2.28. The molecule has 0 saturated heterocycles. The van der Waals surface area contributed by atoms with Crippen molar-refractivity contribution in [2.75, 3.05) is 18.5 Å². The molecule has 132 valence electrons. The van der Waals surface area contributed by atoms with Gasteiger partial charge in [0.2, 0.25) is 0 Å². The smallest absolute Gasteiger partial charge is 0.258 e. The molecule has 0 atom stereocenters. The third-order valence-corrected chi connectivity index (χ3v) is 5.04. The number of aromatic nitrogens is 1. The third-order valence-electron chi connectivity index (χ3n) is 3.74. The number of ether oxygens (including phenoxy) is 2. The molecule has 0 fully saturated rings. The van der Waals surface area contributed by atoms with Crippen LogP contribution in [0.3, 0.4) is 0 Å². The van der Waals surface area contributed by atoms with Gasteiger partial charge in [-0.15, -0.1) is 11.3 Å². The van der Waals surface area contributed by atoms with Crippen LogP contribution in [0.4, 0.5) is 5.13 Å². The number of fused-ring (bicyclic) bond motifs is 1. The van der Waals surface area contributed by atoms with Gasteiger partial charge in [-0.3, -0.25) is 10.1 Å². The number of benzene rings is 2. The summed E-state index contributed by atoms with van der Waals surface area (Å²) in [6.07, 6.45) is 0. The highest BCUT2D eigenvalue weighted by molar-refractivity contribution is 7.14. The molecule has 1 aliphatic rings. The van der Waals surface area contributed by atoms with Crippen molar-refractivity contribution >= 4 is 45.6 Å². The zero-order chi connectivity index (χ0) is 18.1. The van der Waals surface area contributed by atoms with Gasteiger partial charge in [0.25, 0.3) is 5.91 Å². The molecular formula is C18H12Cl2N2O3S. The van der Waals surface area contributed by atoms with E-state index in [1.165, 1.54) is 17.4 Å². The van der Waals surface area contributed by atoms with Crippen LogP contribution in [0, 0.1) is 0 Å². The summed E-state index contributed by atoms with van der Waals surface area (Å²) in [6.45, 7) is 1.07. The topological polar surface area (TPSA) is 60.5 Å². The van der Waals surface area contributed by atoms with Crippen LogP contribution < -0.4 is 14.8 Å². The van der Waals surface area contributed by atoms with Crippen molar-refractivity contribution < 1.29 is 14.3 Å². The summed E-state index contributed by atoms with van der Waals surface area (Å²) in [5, 5.41) is 5.86. The normalized spacial score (nSPS) is 12.7. The highest BCUT2D eigenvalue weighted by Crippen LogP contribution is 2.35. The minimum atomic E-state index is -0.338. The van der Waals surface area contributed by atoms with Gasteiger partial charge in [-0.05, 0) is 36.4 Å². The number of carbonyl (C=O) groups is 1. The Morgan fingerprint density at radius 3 is 2.69 bits per heavy atom. The molecule has 0 bridgehead atoms. The number of rotatable bonds is 3. The average molecular weight is 407 g/mol. The van der Waals surface area contributed by atoms with Gasteiger partial charge in [-0.2, -0.15) is 0 Å². The van der Waals surface area contributed by atoms with Crippen LogP contribution in [0.1, 0.15) is 10.4 Å². The Morgan fingerprint density at radius 2 is 1.88 bits per heavy atom. The number of amides is 1. The largest absolute Gasteiger partial charge is 0.486 e. The van der Waals surface area contributed by atoms with E-state index in [1.807, 2.05) is 23.6 Å². The Kier molecular flexibility index (Phi) is 4.72. The van der Waals surface area contributed by atoms with E-state index in [1.54, 1.807) is 12.1 Å². The Labute approximate surface area is 163 Å². The lowest BCUT2D eigenvalue weighted by atomic mass is 10.1. The zero-order valence-electron chi connectivity index (χ0n) is 13.3. The fourth-order valence-electron chi connectivity index (χ4n) is 2.50. The van der Waals surface area contributed by atoms with Crippen LogP contribution in [-0.2, 0) is 0 Å². The molecule has 1 aliphatic heterocycles. The second-order valence-corrected chi connectivity index (χ2v) is 7.18. The standard InChI is InChI=1S/C18H12Cl2N2O3S/c19-11-2-3-12(13(20)8-11)17(23)22-18-21-14(9-26-18)10-1-4-15-16(7-10)25-6-5-24-15/h1-4,7-9H,5-6H2,(H,21,22,23). The van der Waals surface area contributed by atoms with Gasteiger partial charge in [0, 0.05) is 16.0 Å². The predicted octanol–water partition coefficient (Wildman–Crippen LogP) is 5.14. The molecule has 0 spiro atoms. The van der Waals surface area contributed by atoms with Gasteiger partial charge >= 0.3 is 0 Å². The lowest BCUT2D eigenvalue weighted by Gasteiger charge is -2.18. The van der Waals surface area contributed by atoms with Gasteiger partial charge in [0.05, 0.1) is 16.3 Å². The molecule has 0 radical (unpaired) electrons. The van der Waals surface area contributed by atoms with Crippen molar-refractivity contribution in [1.82, 2.24) is 4.98 Å². The summed E-state index contributed by atoms with van der Waals surface area (Å²) >= 11 is 13.3. The van der Waals surface area contributed by atoms with Gasteiger partial charge in [0.15, 0.2) is 16.6 Å². The number of nitrogens with zero attached hydrogens (tertiary/aromatic N) is 1. The first-order valence-corrected chi connectivity index (χ1v) is 9.36. The Morgan fingerprint density at radius 1 is 1.08 bits per heavy atom. The third kappa shape index (κ3) is 3.49.